The molecule has 6 heteroatoms. The fraction of sp³-hybridized carbons (Fsp3) is 0.379. The fourth-order valence-electron chi connectivity index (χ4n) is 5.81. The highest BCUT2D eigenvalue weighted by molar-refractivity contribution is 7.80. The number of ether oxygens (including phenoxy) is 1. The van der Waals surface area contributed by atoms with Gasteiger partial charge in [0.15, 0.2) is 5.11 Å². The molecule has 3 aromatic rings. The average Bonchev–Trinajstić information content (AvgIpc) is 2.92. The monoisotopic (exact) mass is 486 g/mol. The molecule has 3 aliphatic heterocycles. The van der Waals surface area contributed by atoms with Crippen molar-refractivity contribution >= 4 is 28.2 Å². The summed E-state index contributed by atoms with van der Waals surface area (Å²) in [4.78, 5) is 7.25. The van der Waals surface area contributed by atoms with Gasteiger partial charge in [0.25, 0.3) is 0 Å². The predicted octanol–water partition coefficient (Wildman–Crippen LogP) is 4.89. The Morgan fingerprint density at radius 2 is 2.11 bits per heavy atom. The number of aromatic nitrogens is 1. The molecule has 3 saturated heterocycles. The van der Waals surface area contributed by atoms with Gasteiger partial charge in [0.05, 0.1) is 18.7 Å². The average molecular weight is 487 g/mol. The molecule has 1 aromatic heterocycles. The van der Waals surface area contributed by atoms with Crippen molar-refractivity contribution in [1.29, 1.82) is 0 Å². The largest absolute Gasteiger partial charge is 0.497 e. The van der Waals surface area contributed by atoms with E-state index in [-0.39, 0.29) is 6.04 Å². The van der Waals surface area contributed by atoms with E-state index in [0.29, 0.717) is 23.0 Å². The summed E-state index contributed by atoms with van der Waals surface area (Å²) in [6, 6.07) is 19.2. The zero-order valence-electron chi connectivity index (χ0n) is 20.3. The van der Waals surface area contributed by atoms with Crippen LogP contribution in [-0.2, 0) is 6.42 Å². The first kappa shape index (κ1) is 23.8. The molecule has 0 amide bonds. The van der Waals surface area contributed by atoms with Gasteiger partial charge in [-0.25, -0.2) is 0 Å². The van der Waals surface area contributed by atoms with Crippen molar-refractivity contribution in [3.8, 4) is 5.75 Å². The van der Waals surface area contributed by atoms with E-state index < -0.39 is 0 Å². The maximum absolute atomic E-state index is 5.82. The highest BCUT2D eigenvalue weighted by atomic mass is 32.1. The van der Waals surface area contributed by atoms with Crippen LogP contribution in [0.2, 0.25) is 0 Å². The van der Waals surface area contributed by atoms with E-state index in [2.05, 4.69) is 69.6 Å². The second kappa shape index (κ2) is 10.8. The minimum absolute atomic E-state index is 0.0536. The Kier molecular flexibility index (Phi) is 7.30. The first-order valence-corrected chi connectivity index (χ1v) is 12.9. The Bertz CT molecular complexity index is 1180. The van der Waals surface area contributed by atoms with Crippen molar-refractivity contribution in [2.75, 3.05) is 26.7 Å². The van der Waals surface area contributed by atoms with Crippen LogP contribution in [0.5, 0.6) is 5.75 Å². The maximum Gasteiger partial charge on any atom is 0.166 e. The van der Waals surface area contributed by atoms with E-state index in [1.807, 2.05) is 24.4 Å². The Morgan fingerprint density at radius 3 is 2.86 bits per heavy atom. The van der Waals surface area contributed by atoms with Gasteiger partial charge in [-0.2, -0.15) is 0 Å². The van der Waals surface area contributed by atoms with Gasteiger partial charge in [0.1, 0.15) is 5.75 Å². The van der Waals surface area contributed by atoms with Crippen LogP contribution in [0.3, 0.4) is 0 Å². The van der Waals surface area contributed by atoms with Gasteiger partial charge in [0.2, 0.25) is 0 Å². The molecule has 6 rings (SSSR count). The number of rotatable bonds is 8. The number of fused-ring (bicyclic) bond motifs is 4. The lowest BCUT2D eigenvalue weighted by molar-refractivity contribution is 0.00430. The molecule has 182 valence electrons. The van der Waals surface area contributed by atoms with Crippen molar-refractivity contribution < 1.29 is 4.74 Å². The Hall–Kier alpha value is -2.96. The minimum Gasteiger partial charge on any atom is -0.497 e. The second-order valence-corrected chi connectivity index (χ2v) is 10.1. The SMILES string of the molecule is C=CC1CN2CCC1CC2[C@@H](NC(=S)NCCc1ccccc1)c1ccnc2ccc(OC)cc12. The van der Waals surface area contributed by atoms with Crippen molar-refractivity contribution in [3.05, 3.63) is 84.6 Å². The first-order valence-electron chi connectivity index (χ1n) is 12.5. The zero-order valence-corrected chi connectivity index (χ0v) is 21.1. The van der Waals surface area contributed by atoms with Crippen molar-refractivity contribution in [2.24, 2.45) is 11.8 Å². The summed E-state index contributed by atoms with van der Waals surface area (Å²) in [6.45, 7) is 7.09. The molecular weight excluding hydrogens is 452 g/mol. The van der Waals surface area contributed by atoms with E-state index >= 15 is 0 Å². The lowest BCUT2D eigenvalue weighted by Gasteiger charge is -2.52. The number of nitrogens with one attached hydrogen (secondary N) is 2. The molecular formula is C29H34N4OS. The topological polar surface area (TPSA) is 49.4 Å². The zero-order chi connectivity index (χ0) is 24.2. The first-order chi connectivity index (χ1) is 17.2. The summed E-state index contributed by atoms with van der Waals surface area (Å²) in [5.41, 5.74) is 3.49. The van der Waals surface area contributed by atoms with E-state index in [1.54, 1.807) is 7.11 Å². The van der Waals surface area contributed by atoms with Gasteiger partial charge >= 0.3 is 0 Å². The number of piperidine rings is 3. The molecule has 4 unspecified atom stereocenters. The molecule has 3 fully saturated rings. The van der Waals surface area contributed by atoms with Crippen LogP contribution in [0.15, 0.2) is 73.4 Å². The van der Waals surface area contributed by atoms with Gasteiger partial charge in [0, 0.05) is 30.7 Å². The quantitative estimate of drug-likeness (QED) is 0.349. The third-order valence-electron chi connectivity index (χ3n) is 7.68. The van der Waals surface area contributed by atoms with Crippen LogP contribution in [0, 0.1) is 11.8 Å². The molecule has 0 saturated carbocycles. The molecule has 5 atom stereocenters. The van der Waals surface area contributed by atoms with Crippen molar-refractivity contribution in [2.45, 2.75) is 31.3 Å². The fourth-order valence-corrected chi connectivity index (χ4v) is 6.04. The van der Waals surface area contributed by atoms with Gasteiger partial charge in [-0.05, 0) is 85.3 Å². The van der Waals surface area contributed by atoms with Crippen LogP contribution in [0.25, 0.3) is 10.9 Å². The van der Waals surface area contributed by atoms with Gasteiger partial charge in [-0.1, -0.05) is 36.4 Å². The number of thiocarbonyl (C=S) groups is 1. The summed E-state index contributed by atoms with van der Waals surface area (Å²) in [6.07, 6.45) is 7.37. The molecule has 5 nitrogen and oxygen atoms in total. The predicted molar refractivity (Wildman–Crippen MR) is 147 cm³/mol. The lowest BCUT2D eigenvalue weighted by Crippen LogP contribution is -2.58. The van der Waals surface area contributed by atoms with Crippen LogP contribution in [-0.4, -0.2) is 47.8 Å². The van der Waals surface area contributed by atoms with Crippen molar-refractivity contribution in [1.82, 2.24) is 20.5 Å². The Labute approximate surface area is 213 Å². The second-order valence-electron chi connectivity index (χ2n) is 9.64. The normalized spacial score (nSPS) is 24.0. The summed E-state index contributed by atoms with van der Waals surface area (Å²) >= 11 is 5.82. The highest BCUT2D eigenvalue weighted by Gasteiger charge is 2.43. The third-order valence-corrected chi connectivity index (χ3v) is 7.95. The number of pyridine rings is 1. The lowest BCUT2D eigenvalue weighted by atomic mass is 9.73. The van der Waals surface area contributed by atoms with E-state index in [4.69, 9.17) is 17.0 Å². The molecule has 0 aliphatic carbocycles. The third kappa shape index (κ3) is 5.19. The number of nitrogens with zero attached hydrogens (tertiary/aromatic N) is 2. The number of methoxy groups -OCH3 is 1. The van der Waals surface area contributed by atoms with Gasteiger partial charge < -0.3 is 15.4 Å². The molecule has 0 spiro atoms. The standard InChI is InChI=1S/C29H34N4OS/c1-3-21-19-33-16-13-22(21)17-27(33)28(32-29(35)31-14-11-20-7-5-4-6-8-20)24-12-15-30-26-10-9-23(34-2)18-25(24)26/h3-10,12,15,18,21-22,27-28H,1,11,13-14,16-17,19H2,2H3,(H2,31,32,35)/t21?,22?,27?,28-/m0/s1. The van der Waals surface area contributed by atoms with E-state index in [1.165, 1.54) is 17.5 Å². The summed E-state index contributed by atoms with van der Waals surface area (Å²) in [5, 5.41) is 8.98. The molecule has 4 heterocycles. The summed E-state index contributed by atoms with van der Waals surface area (Å²) < 4.78 is 5.55. The van der Waals surface area contributed by atoms with E-state index in [9.17, 15) is 0 Å². The summed E-state index contributed by atoms with van der Waals surface area (Å²) in [7, 11) is 1.71. The van der Waals surface area contributed by atoms with Gasteiger partial charge in [-0.3, -0.25) is 9.88 Å². The summed E-state index contributed by atoms with van der Waals surface area (Å²) in [5.74, 6) is 2.09. The minimum atomic E-state index is 0.0536. The maximum atomic E-state index is 5.82. The smallest absolute Gasteiger partial charge is 0.166 e. The Morgan fingerprint density at radius 1 is 1.26 bits per heavy atom. The van der Waals surface area contributed by atoms with Crippen LogP contribution in [0.1, 0.15) is 30.0 Å². The number of hydrogen-bond acceptors (Lipinski definition) is 4. The molecule has 35 heavy (non-hydrogen) atoms. The number of benzene rings is 2. The molecule has 2 bridgehead atoms. The molecule has 2 aromatic carbocycles. The highest BCUT2D eigenvalue weighted by Crippen LogP contribution is 2.42. The van der Waals surface area contributed by atoms with E-state index in [0.717, 1.165) is 49.1 Å². The molecule has 3 aliphatic rings. The van der Waals surface area contributed by atoms with Crippen molar-refractivity contribution in [3.63, 3.8) is 0 Å². The Balaban J connectivity index is 1.41. The van der Waals surface area contributed by atoms with Gasteiger partial charge in [-0.15, -0.1) is 6.58 Å². The van der Waals surface area contributed by atoms with Crippen LogP contribution >= 0.6 is 12.2 Å². The molecule has 0 radical (unpaired) electrons. The number of hydrogen-bond donors (Lipinski definition) is 2. The molecule has 2 N–H and O–H groups in total. The van der Waals surface area contributed by atoms with Crippen LogP contribution < -0.4 is 15.4 Å². The van der Waals surface area contributed by atoms with Crippen LogP contribution in [0.4, 0.5) is 0 Å².